The molecule has 2 amide bonds. The number of rotatable bonds is 4. The fourth-order valence-electron chi connectivity index (χ4n) is 2.59. The Morgan fingerprint density at radius 2 is 2.14 bits per heavy atom. The van der Waals surface area contributed by atoms with Gasteiger partial charge in [-0.1, -0.05) is 0 Å². The van der Waals surface area contributed by atoms with E-state index in [2.05, 4.69) is 20.6 Å². The average molecular weight is 399 g/mol. The van der Waals surface area contributed by atoms with Gasteiger partial charge in [0, 0.05) is 23.2 Å². The number of aromatic nitrogens is 3. The maximum atomic E-state index is 12.1. The van der Waals surface area contributed by atoms with Crippen LogP contribution in [0.1, 0.15) is 0 Å². The number of fused-ring (bicyclic) bond motifs is 1. The molecule has 0 bridgehead atoms. The van der Waals surface area contributed by atoms with E-state index in [1.807, 2.05) is 0 Å². The number of hydrogen-bond acceptors (Lipinski definition) is 7. The first-order chi connectivity index (χ1) is 13.5. The SMILES string of the molecule is O=C(Cn1ccc(=O)[nH]c1=O)Nc1nc(-c2ccc3c(c2)NC(=O)CO3)cs1. The summed E-state index contributed by atoms with van der Waals surface area (Å²) in [5.41, 5.74) is 0.728. The lowest BCUT2D eigenvalue weighted by Gasteiger charge is -2.18. The van der Waals surface area contributed by atoms with Gasteiger partial charge in [0.15, 0.2) is 11.7 Å². The molecule has 10 nitrogen and oxygen atoms in total. The van der Waals surface area contributed by atoms with Crippen molar-refractivity contribution >= 4 is 34.0 Å². The van der Waals surface area contributed by atoms with Crippen LogP contribution in [0, 0.1) is 0 Å². The highest BCUT2D eigenvalue weighted by Gasteiger charge is 2.17. The normalized spacial score (nSPS) is 12.6. The molecule has 3 heterocycles. The molecular formula is C17H13N5O5S. The first-order valence-corrected chi connectivity index (χ1v) is 8.98. The topological polar surface area (TPSA) is 135 Å². The lowest BCUT2D eigenvalue weighted by Crippen LogP contribution is -2.32. The van der Waals surface area contributed by atoms with E-state index < -0.39 is 17.2 Å². The number of H-pyrrole nitrogens is 1. The van der Waals surface area contributed by atoms with Crippen molar-refractivity contribution in [2.45, 2.75) is 6.54 Å². The zero-order valence-electron chi connectivity index (χ0n) is 14.2. The summed E-state index contributed by atoms with van der Waals surface area (Å²) in [5.74, 6) is -0.104. The van der Waals surface area contributed by atoms with Crippen LogP contribution in [0.5, 0.6) is 5.75 Å². The Hall–Kier alpha value is -3.73. The van der Waals surface area contributed by atoms with Gasteiger partial charge in [-0.05, 0) is 18.2 Å². The van der Waals surface area contributed by atoms with Gasteiger partial charge in [0.1, 0.15) is 12.3 Å². The first kappa shape index (κ1) is 17.7. The molecule has 1 aliphatic heterocycles. The summed E-state index contributed by atoms with van der Waals surface area (Å²) >= 11 is 1.22. The largest absolute Gasteiger partial charge is 0.482 e. The molecule has 0 fully saturated rings. The summed E-state index contributed by atoms with van der Waals surface area (Å²) in [6, 6.07) is 6.45. The minimum Gasteiger partial charge on any atom is -0.482 e. The van der Waals surface area contributed by atoms with Crippen molar-refractivity contribution in [1.82, 2.24) is 14.5 Å². The summed E-state index contributed by atoms with van der Waals surface area (Å²) in [7, 11) is 0. The van der Waals surface area contributed by atoms with E-state index in [1.165, 1.54) is 17.5 Å². The minimum atomic E-state index is -0.666. The van der Waals surface area contributed by atoms with Crippen LogP contribution in [-0.4, -0.2) is 33.0 Å². The van der Waals surface area contributed by atoms with E-state index in [-0.39, 0.29) is 19.1 Å². The number of carbonyl (C=O) groups excluding carboxylic acids is 2. The molecule has 0 spiro atoms. The van der Waals surface area contributed by atoms with Gasteiger partial charge in [-0.25, -0.2) is 9.78 Å². The first-order valence-electron chi connectivity index (χ1n) is 8.10. The average Bonchev–Trinajstić information content (AvgIpc) is 3.12. The monoisotopic (exact) mass is 399 g/mol. The Morgan fingerprint density at radius 3 is 2.96 bits per heavy atom. The van der Waals surface area contributed by atoms with Gasteiger partial charge in [0.05, 0.1) is 11.4 Å². The standard InChI is InChI=1S/C17H13N5O5S/c23-13-3-4-22(17(26)21-13)6-14(24)20-16-19-11(8-28-16)9-1-2-12-10(5-9)18-15(25)7-27-12/h1-5,8H,6-7H2,(H,18,25)(H,19,20,24)(H,21,23,26). The number of nitrogens with one attached hydrogen (secondary N) is 3. The number of benzene rings is 1. The van der Waals surface area contributed by atoms with Crippen LogP contribution < -0.4 is 26.6 Å². The quantitative estimate of drug-likeness (QED) is 0.589. The molecule has 1 aromatic carbocycles. The van der Waals surface area contributed by atoms with Crippen molar-refractivity contribution < 1.29 is 14.3 Å². The second-order valence-corrected chi connectivity index (χ2v) is 6.73. The van der Waals surface area contributed by atoms with Crippen LogP contribution in [-0.2, 0) is 16.1 Å². The number of hydrogen-bond donors (Lipinski definition) is 3. The maximum absolute atomic E-state index is 12.1. The van der Waals surface area contributed by atoms with Gasteiger partial charge in [-0.3, -0.25) is 23.9 Å². The van der Waals surface area contributed by atoms with E-state index in [1.54, 1.807) is 23.6 Å². The predicted octanol–water partition coefficient (Wildman–Crippen LogP) is 0.630. The Labute approximate surface area is 160 Å². The lowest BCUT2D eigenvalue weighted by molar-refractivity contribution is -0.118. The van der Waals surface area contributed by atoms with Crippen LogP contribution in [0.15, 0.2) is 45.4 Å². The second kappa shape index (κ2) is 7.12. The Kier molecular flexibility index (Phi) is 4.49. The summed E-state index contributed by atoms with van der Waals surface area (Å²) in [6.07, 6.45) is 1.25. The van der Waals surface area contributed by atoms with Crippen molar-refractivity contribution in [3.8, 4) is 17.0 Å². The molecule has 3 N–H and O–H groups in total. The smallest absolute Gasteiger partial charge is 0.328 e. The molecule has 3 aromatic rings. The van der Waals surface area contributed by atoms with Crippen LogP contribution in [0.25, 0.3) is 11.3 Å². The number of carbonyl (C=O) groups is 2. The van der Waals surface area contributed by atoms with E-state index in [4.69, 9.17) is 4.74 Å². The molecular weight excluding hydrogens is 386 g/mol. The molecule has 0 unspecified atom stereocenters. The van der Waals surface area contributed by atoms with Crippen molar-refractivity contribution in [2.24, 2.45) is 0 Å². The van der Waals surface area contributed by atoms with Crippen LogP contribution in [0.2, 0.25) is 0 Å². The molecule has 4 rings (SSSR count). The van der Waals surface area contributed by atoms with Crippen molar-refractivity contribution in [3.63, 3.8) is 0 Å². The van der Waals surface area contributed by atoms with Crippen LogP contribution >= 0.6 is 11.3 Å². The molecule has 0 radical (unpaired) electrons. The number of nitrogens with zero attached hydrogens (tertiary/aromatic N) is 2. The van der Waals surface area contributed by atoms with E-state index in [9.17, 15) is 19.2 Å². The molecule has 28 heavy (non-hydrogen) atoms. The molecule has 142 valence electrons. The lowest BCUT2D eigenvalue weighted by atomic mass is 10.1. The summed E-state index contributed by atoms with van der Waals surface area (Å²) in [4.78, 5) is 52.7. The summed E-state index contributed by atoms with van der Waals surface area (Å²) in [6.45, 7) is -0.273. The zero-order chi connectivity index (χ0) is 19.7. The fourth-order valence-corrected chi connectivity index (χ4v) is 3.32. The van der Waals surface area contributed by atoms with Crippen molar-refractivity contribution in [3.05, 3.63) is 56.7 Å². The fraction of sp³-hybridized carbons (Fsp3) is 0.118. The molecule has 0 aliphatic carbocycles. The van der Waals surface area contributed by atoms with Gasteiger partial charge in [0.2, 0.25) is 5.91 Å². The van der Waals surface area contributed by atoms with Crippen LogP contribution in [0.4, 0.5) is 10.8 Å². The predicted molar refractivity (Wildman–Crippen MR) is 102 cm³/mol. The number of ether oxygens (including phenoxy) is 1. The van der Waals surface area contributed by atoms with E-state index in [0.717, 1.165) is 16.2 Å². The molecule has 1 aliphatic rings. The number of amides is 2. The highest BCUT2D eigenvalue weighted by atomic mass is 32.1. The van der Waals surface area contributed by atoms with Gasteiger partial charge < -0.3 is 15.4 Å². The number of anilines is 2. The summed E-state index contributed by atoms with van der Waals surface area (Å²) < 4.78 is 6.40. The third kappa shape index (κ3) is 3.69. The van der Waals surface area contributed by atoms with Gasteiger partial charge >= 0.3 is 5.69 Å². The third-order valence-corrected chi connectivity index (χ3v) is 4.63. The minimum absolute atomic E-state index is 0.0163. The molecule has 0 saturated heterocycles. The molecule has 2 aromatic heterocycles. The Morgan fingerprint density at radius 1 is 1.29 bits per heavy atom. The van der Waals surface area contributed by atoms with Gasteiger partial charge in [-0.15, -0.1) is 11.3 Å². The maximum Gasteiger partial charge on any atom is 0.328 e. The molecule has 11 heteroatoms. The van der Waals surface area contributed by atoms with Crippen molar-refractivity contribution in [1.29, 1.82) is 0 Å². The number of thiazole rings is 1. The highest BCUT2D eigenvalue weighted by molar-refractivity contribution is 7.14. The molecule has 0 atom stereocenters. The van der Waals surface area contributed by atoms with E-state index in [0.29, 0.717) is 22.3 Å². The van der Waals surface area contributed by atoms with Crippen LogP contribution in [0.3, 0.4) is 0 Å². The highest BCUT2D eigenvalue weighted by Crippen LogP contribution is 2.33. The van der Waals surface area contributed by atoms with Gasteiger partial charge in [0.25, 0.3) is 11.5 Å². The Bertz CT molecular complexity index is 1190. The molecule has 0 saturated carbocycles. The Balaban J connectivity index is 1.48. The zero-order valence-corrected chi connectivity index (χ0v) is 15.0. The third-order valence-electron chi connectivity index (χ3n) is 3.87. The number of aromatic amines is 1. The second-order valence-electron chi connectivity index (χ2n) is 5.87. The van der Waals surface area contributed by atoms with E-state index >= 15 is 0 Å². The van der Waals surface area contributed by atoms with Crippen molar-refractivity contribution in [2.75, 3.05) is 17.2 Å². The summed E-state index contributed by atoms with van der Waals surface area (Å²) in [5, 5.41) is 7.46. The van der Waals surface area contributed by atoms with Gasteiger partial charge in [-0.2, -0.15) is 0 Å².